The Balaban J connectivity index is 2.63. The van der Waals surface area contributed by atoms with E-state index in [1.54, 1.807) is 6.08 Å². The summed E-state index contributed by atoms with van der Waals surface area (Å²) in [6, 6.07) is 2.10. The summed E-state index contributed by atoms with van der Waals surface area (Å²) >= 11 is 0. The van der Waals surface area contributed by atoms with Crippen LogP contribution in [0.3, 0.4) is 0 Å². The van der Waals surface area contributed by atoms with Gasteiger partial charge < -0.3 is 10.1 Å². The predicted molar refractivity (Wildman–Crippen MR) is 51.3 cm³/mol. The molecule has 0 aromatic carbocycles. The van der Waals surface area contributed by atoms with Crippen LogP contribution in [0.2, 0.25) is 0 Å². The summed E-state index contributed by atoms with van der Waals surface area (Å²) in [5, 5.41) is 11.7. The second-order valence-electron chi connectivity index (χ2n) is 3.30. The van der Waals surface area contributed by atoms with E-state index in [4.69, 9.17) is 10.00 Å². The van der Waals surface area contributed by atoms with Crippen molar-refractivity contribution in [2.45, 2.75) is 12.8 Å². The lowest BCUT2D eigenvalue weighted by Crippen LogP contribution is -2.43. The molecule has 4 heteroatoms. The van der Waals surface area contributed by atoms with Crippen LogP contribution in [0.4, 0.5) is 0 Å². The van der Waals surface area contributed by atoms with Gasteiger partial charge in [-0.3, -0.25) is 4.79 Å². The molecule has 0 spiro atoms. The normalized spacial score (nSPS) is 19.4. The van der Waals surface area contributed by atoms with Crippen molar-refractivity contribution in [3.05, 3.63) is 12.7 Å². The van der Waals surface area contributed by atoms with Gasteiger partial charge >= 0.3 is 0 Å². The molecule has 1 aliphatic heterocycles. The largest absolute Gasteiger partial charge is 0.381 e. The van der Waals surface area contributed by atoms with Crippen LogP contribution in [-0.2, 0) is 9.53 Å². The molecule has 4 nitrogen and oxygen atoms in total. The van der Waals surface area contributed by atoms with Gasteiger partial charge in [-0.25, -0.2) is 0 Å². The van der Waals surface area contributed by atoms with E-state index in [9.17, 15) is 4.79 Å². The van der Waals surface area contributed by atoms with Gasteiger partial charge in [0.2, 0.25) is 5.91 Å². The highest BCUT2D eigenvalue weighted by Gasteiger charge is 2.39. The molecule has 0 saturated carbocycles. The van der Waals surface area contributed by atoms with Gasteiger partial charge in [0, 0.05) is 19.8 Å². The summed E-state index contributed by atoms with van der Waals surface area (Å²) < 4.78 is 5.13. The molecule has 0 bridgehead atoms. The lowest BCUT2D eigenvalue weighted by molar-refractivity contribution is -0.132. The Labute approximate surface area is 83.5 Å². The molecule has 0 aliphatic carbocycles. The van der Waals surface area contributed by atoms with Gasteiger partial charge in [-0.1, -0.05) is 6.08 Å². The van der Waals surface area contributed by atoms with Crippen LogP contribution in [0, 0.1) is 16.7 Å². The highest BCUT2D eigenvalue weighted by Crippen LogP contribution is 2.29. The van der Waals surface area contributed by atoms with Crippen molar-refractivity contribution in [1.29, 1.82) is 5.26 Å². The van der Waals surface area contributed by atoms with Crippen LogP contribution in [0.15, 0.2) is 12.7 Å². The van der Waals surface area contributed by atoms with Crippen LogP contribution in [0.5, 0.6) is 0 Å². The standard InChI is InChI=1S/C10H14N2O2/c1-2-5-12-9(13)10(8-11)3-6-14-7-4-10/h2H,1,3-7H2,(H,12,13). The summed E-state index contributed by atoms with van der Waals surface area (Å²) in [4.78, 5) is 11.7. The van der Waals surface area contributed by atoms with Gasteiger partial charge in [0.05, 0.1) is 6.07 Å². The van der Waals surface area contributed by atoms with Gasteiger partial charge in [-0.05, 0) is 12.8 Å². The number of hydrogen-bond donors (Lipinski definition) is 1. The minimum absolute atomic E-state index is 0.205. The SMILES string of the molecule is C=CCNC(=O)C1(C#N)CCOCC1. The molecule has 1 rings (SSSR count). The van der Waals surface area contributed by atoms with Crippen molar-refractivity contribution < 1.29 is 9.53 Å². The summed E-state index contributed by atoms with van der Waals surface area (Å²) in [6.45, 7) is 4.87. The maximum atomic E-state index is 11.7. The molecule has 0 unspecified atom stereocenters. The first-order chi connectivity index (χ1) is 6.75. The number of nitrogens with one attached hydrogen (secondary N) is 1. The number of nitriles is 1. The molecule has 0 aromatic rings. The monoisotopic (exact) mass is 194 g/mol. The molecule has 1 aliphatic rings. The molecular weight excluding hydrogens is 180 g/mol. The van der Waals surface area contributed by atoms with Crippen molar-refractivity contribution in [1.82, 2.24) is 5.32 Å². The van der Waals surface area contributed by atoms with Crippen molar-refractivity contribution in [2.75, 3.05) is 19.8 Å². The third-order valence-corrected chi connectivity index (χ3v) is 2.40. The predicted octanol–water partition coefficient (Wildman–Crippen LogP) is 0.609. The van der Waals surface area contributed by atoms with E-state index in [0.29, 0.717) is 32.6 Å². The van der Waals surface area contributed by atoms with Gasteiger partial charge in [-0.15, -0.1) is 6.58 Å². The van der Waals surface area contributed by atoms with E-state index in [-0.39, 0.29) is 5.91 Å². The lowest BCUT2D eigenvalue weighted by atomic mass is 9.81. The zero-order valence-corrected chi connectivity index (χ0v) is 8.08. The fraction of sp³-hybridized carbons (Fsp3) is 0.600. The van der Waals surface area contributed by atoms with Crippen molar-refractivity contribution in [3.8, 4) is 6.07 Å². The first-order valence-electron chi connectivity index (χ1n) is 4.63. The average Bonchev–Trinajstić information content (AvgIpc) is 2.26. The molecule has 1 amide bonds. The van der Waals surface area contributed by atoms with Gasteiger partial charge in [0.25, 0.3) is 0 Å². The Kier molecular flexibility index (Phi) is 3.66. The molecule has 1 saturated heterocycles. The third kappa shape index (κ3) is 2.12. The van der Waals surface area contributed by atoms with Crippen molar-refractivity contribution in [3.63, 3.8) is 0 Å². The fourth-order valence-corrected chi connectivity index (χ4v) is 1.44. The Morgan fingerprint density at radius 3 is 2.79 bits per heavy atom. The van der Waals surface area contributed by atoms with Crippen molar-refractivity contribution >= 4 is 5.91 Å². The maximum absolute atomic E-state index is 11.7. The number of carbonyl (C=O) groups is 1. The number of hydrogen-bond acceptors (Lipinski definition) is 3. The van der Waals surface area contributed by atoms with E-state index in [0.717, 1.165) is 0 Å². The van der Waals surface area contributed by atoms with Gasteiger partial charge in [0.1, 0.15) is 5.41 Å². The Morgan fingerprint density at radius 2 is 2.29 bits per heavy atom. The second kappa shape index (κ2) is 4.77. The molecule has 76 valence electrons. The molecule has 14 heavy (non-hydrogen) atoms. The molecule has 1 heterocycles. The molecule has 1 N–H and O–H groups in total. The highest BCUT2D eigenvalue weighted by molar-refractivity contribution is 5.85. The van der Waals surface area contributed by atoms with Crippen LogP contribution >= 0.6 is 0 Å². The first-order valence-corrected chi connectivity index (χ1v) is 4.63. The van der Waals surface area contributed by atoms with E-state index in [1.165, 1.54) is 0 Å². The summed E-state index contributed by atoms with van der Waals surface area (Å²) in [7, 11) is 0. The minimum atomic E-state index is -0.888. The van der Waals surface area contributed by atoms with Gasteiger partial charge in [0.15, 0.2) is 0 Å². The van der Waals surface area contributed by atoms with Gasteiger partial charge in [-0.2, -0.15) is 5.26 Å². The van der Waals surface area contributed by atoms with Crippen LogP contribution in [0.25, 0.3) is 0 Å². The topological polar surface area (TPSA) is 62.1 Å². The van der Waals surface area contributed by atoms with Crippen LogP contribution < -0.4 is 5.32 Å². The Morgan fingerprint density at radius 1 is 1.64 bits per heavy atom. The maximum Gasteiger partial charge on any atom is 0.240 e. The molecule has 0 aromatic heterocycles. The summed E-state index contributed by atoms with van der Waals surface area (Å²) in [5.41, 5.74) is -0.888. The first kappa shape index (κ1) is 10.7. The number of amides is 1. The van der Waals surface area contributed by atoms with Crippen molar-refractivity contribution in [2.24, 2.45) is 5.41 Å². The second-order valence-corrected chi connectivity index (χ2v) is 3.30. The third-order valence-electron chi connectivity index (χ3n) is 2.40. The molecule has 0 atom stereocenters. The van der Waals surface area contributed by atoms with E-state index < -0.39 is 5.41 Å². The van der Waals surface area contributed by atoms with Crippen LogP contribution in [-0.4, -0.2) is 25.7 Å². The lowest BCUT2D eigenvalue weighted by Gasteiger charge is -2.28. The zero-order chi connectivity index (χ0) is 10.4. The summed E-state index contributed by atoms with van der Waals surface area (Å²) in [5.74, 6) is -0.205. The molecule has 1 fully saturated rings. The Bertz CT molecular complexity index is 262. The van der Waals surface area contributed by atoms with E-state index in [2.05, 4.69) is 18.0 Å². The smallest absolute Gasteiger partial charge is 0.240 e. The van der Waals surface area contributed by atoms with E-state index in [1.807, 2.05) is 0 Å². The number of nitrogens with zero attached hydrogens (tertiary/aromatic N) is 1. The number of carbonyl (C=O) groups excluding carboxylic acids is 1. The molecule has 0 radical (unpaired) electrons. The number of rotatable bonds is 3. The minimum Gasteiger partial charge on any atom is -0.381 e. The quantitative estimate of drug-likeness (QED) is 0.669. The fourth-order valence-electron chi connectivity index (χ4n) is 1.44. The average molecular weight is 194 g/mol. The summed E-state index contributed by atoms with van der Waals surface area (Å²) in [6.07, 6.45) is 2.56. The Hall–Kier alpha value is -1.34. The van der Waals surface area contributed by atoms with Crippen LogP contribution in [0.1, 0.15) is 12.8 Å². The number of ether oxygens (including phenoxy) is 1. The zero-order valence-electron chi connectivity index (χ0n) is 8.08. The molecular formula is C10H14N2O2. The highest BCUT2D eigenvalue weighted by atomic mass is 16.5. The van der Waals surface area contributed by atoms with E-state index >= 15 is 0 Å².